The van der Waals surface area contributed by atoms with Crippen LogP contribution in [0.15, 0.2) is 29.3 Å². The van der Waals surface area contributed by atoms with Crippen molar-refractivity contribution >= 4 is 5.97 Å². The summed E-state index contributed by atoms with van der Waals surface area (Å²) in [6, 6.07) is 2.31. The van der Waals surface area contributed by atoms with E-state index in [9.17, 15) is 9.59 Å². The van der Waals surface area contributed by atoms with Crippen LogP contribution in [0.4, 0.5) is 0 Å². The zero-order valence-corrected chi connectivity index (χ0v) is 7.52. The van der Waals surface area contributed by atoms with E-state index < -0.39 is 5.97 Å². The Bertz CT molecular complexity index is 542. The molecule has 0 radical (unpaired) electrons. The molecule has 2 aromatic heterocycles. The zero-order valence-electron chi connectivity index (χ0n) is 7.52. The fourth-order valence-electron chi connectivity index (χ4n) is 1.20. The first kappa shape index (κ1) is 9.20. The molecule has 76 valence electrons. The van der Waals surface area contributed by atoms with Crippen molar-refractivity contribution in [1.29, 1.82) is 0 Å². The molecule has 0 aliphatic carbocycles. The normalized spacial score (nSPS) is 10.1. The molecule has 0 amide bonds. The van der Waals surface area contributed by atoms with E-state index >= 15 is 0 Å². The topological polar surface area (TPSA) is 98.8 Å². The van der Waals surface area contributed by atoms with Crippen LogP contribution in [0.1, 0.15) is 10.5 Å². The molecular weight excluding hydrogens is 198 g/mol. The van der Waals surface area contributed by atoms with Crippen LogP contribution >= 0.6 is 0 Å². The first-order valence-electron chi connectivity index (χ1n) is 4.14. The minimum atomic E-state index is -1.18. The molecule has 0 saturated carbocycles. The maximum Gasteiger partial charge on any atom is 0.352 e. The Labute approximate surface area is 83.6 Å². The van der Waals surface area contributed by atoms with Crippen LogP contribution in [0.25, 0.3) is 11.5 Å². The van der Waals surface area contributed by atoms with Gasteiger partial charge in [-0.3, -0.25) is 4.79 Å². The van der Waals surface area contributed by atoms with Crippen LogP contribution in [0.5, 0.6) is 0 Å². The highest BCUT2D eigenvalue weighted by Crippen LogP contribution is 2.08. The highest BCUT2D eigenvalue weighted by Gasteiger charge is 2.08. The van der Waals surface area contributed by atoms with Crippen molar-refractivity contribution in [3.05, 3.63) is 40.4 Å². The van der Waals surface area contributed by atoms with Gasteiger partial charge in [0.2, 0.25) is 0 Å². The number of nitrogens with one attached hydrogen (secondary N) is 2. The van der Waals surface area contributed by atoms with Crippen molar-refractivity contribution < 1.29 is 9.90 Å². The number of hydrogen-bond acceptors (Lipinski definition) is 3. The number of aromatic nitrogens is 3. The summed E-state index contributed by atoms with van der Waals surface area (Å²) in [4.78, 5) is 31.1. The average Bonchev–Trinajstić information content (AvgIpc) is 2.69. The Morgan fingerprint density at radius 2 is 2.20 bits per heavy atom. The summed E-state index contributed by atoms with van der Waals surface area (Å²) >= 11 is 0. The lowest BCUT2D eigenvalue weighted by Gasteiger charge is -1.99. The van der Waals surface area contributed by atoms with E-state index in [-0.39, 0.29) is 11.1 Å². The van der Waals surface area contributed by atoms with Gasteiger partial charge in [-0.15, -0.1) is 0 Å². The van der Waals surface area contributed by atoms with Gasteiger partial charge in [-0.05, 0) is 0 Å². The lowest BCUT2D eigenvalue weighted by Crippen LogP contribution is -2.09. The van der Waals surface area contributed by atoms with Gasteiger partial charge in [-0.25, -0.2) is 9.78 Å². The van der Waals surface area contributed by atoms with Crippen LogP contribution in [-0.4, -0.2) is 26.0 Å². The van der Waals surface area contributed by atoms with Gasteiger partial charge < -0.3 is 15.1 Å². The maximum absolute atomic E-state index is 11.2. The summed E-state index contributed by atoms with van der Waals surface area (Å²) in [6.07, 6.45) is 3.10. The molecule has 0 aliphatic heterocycles. The fourth-order valence-corrected chi connectivity index (χ4v) is 1.20. The maximum atomic E-state index is 11.2. The Morgan fingerprint density at radius 3 is 2.80 bits per heavy atom. The number of carbonyl (C=O) groups is 1. The number of nitrogens with zero attached hydrogens (tertiary/aromatic N) is 1. The number of pyridine rings is 1. The molecule has 0 aromatic carbocycles. The molecular formula is C9H7N3O3. The molecule has 0 unspecified atom stereocenters. The average molecular weight is 205 g/mol. The Morgan fingerprint density at radius 1 is 1.40 bits per heavy atom. The first-order chi connectivity index (χ1) is 7.16. The molecule has 0 atom stereocenters. The molecule has 0 bridgehead atoms. The molecule has 6 heteroatoms. The van der Waals surface area contributed by atoms with E-state index in [4.69, 9.17) is 5.11 Å². The third-order valence-corrected chi connectivity index (χ3v) is 1.83. The van der Waals surface area contributed by atoms with E-state index in [0.29, 0.717) is 11.5 Å². The number of H-pyrrole nitrogens is 2. The monoisotopic (exact) mass is 205 g/mol. The molecule has 2 rings (SSSR count). The molecule has 0 spiro atoms. The molecule has 3 N–H and O–H groups in total. The third-order valence-electron chi connectivity index (χ3n) is 1.83. The second-order valence-electron chi connectivity index (χ2n) is 2.89. The van der Waals surface area contributed by atoms with Crippen LogP contribution in [0.2, 0.25) is 0 Å². The van der Waals surface area contributed by atoms with E-state index in [1.54, 1.807) is 6.20 Å². The summed E-state index contributed by atoms with van der Waals surface area (Å²) in [6.45, 7) is 0. The van der Waals surface area contributed by atoms with Crippen LogP contribution in [-0.2, 0) is 0 Å². The second-order valence-corrected chi connectivity index (χ2v) is 2.89. The molecule has 0 fully saturated rings. The van der Waals surface area contributed by atoms with Gasteiger partial charge in [0.05, 0.1) is 5.69 Å². The Hall–Kier alpha value is -2.37. The number of rotatable bonds is 2. The largest absolute Gasteiger partial charge is 0.477 e. The van der Waals surface area contributed by atoms with E-state index in [1.165, 1.54) is 12.3 Å². The van der Waals surface area contributed by atoms with Gasteiger partial charge in [-0.2, -0.15) is 0 Å². The number of imidazole rings is 1. The Kier molecular flexibility index (Phi) is 2.09. The first-order valence-corrected chi connectivity index (χ1v) is 4.14. The van der Waals surface area contributed by atoms with Gasteiger partial charge in [-0.1, -0.05) is 0 Å². The molecule has 6 nitrogen and oxygen atoms in total. The second kappa shape index (κ2) is 3.41. The predicted octanol–water partition coefficient (Wildman–Crippen LogP) is 0.463. The van der Waals surface area contributed by atoms with Crippen molar-refractivity contribution in [3.8, 4) is 11.5 Å². The number of carboxylic acids is 1. The number of carboxylic acid groups (broad SMARTS) is 1. The van der Waals surface area contributed by atoms with Crippen LogP contribution < -0.4 is 5.43 Å². The smallest absolute Gasteiger partial charge is 0.352 e. The van der Waals surface area contributed by atoms with Gasteiger partial charge in [0.1, 0.15) is 5.69 Å². The lowest BCUT2D eigenvalue weighted by atomic mass is 10.3. The van der Waals surface area contributed by atoms with Crippen molar-refractivity contribution in [2.24, 2.45) is 0 Å². The van der Waals surface area contributed by atoms with Crippen molar-refractivity contribution in [3.63, 3.8) is 0 Å². The van der Waals surface area contributed by atoms with E-state index in [2.05, 4.69) is 15.0 Å². The molecule has 0 aliphatic rings. The zero-order chi connectivity index (χ0) is 10.8. The quantitative estimate of drug-likeness (QED) is 0.663. The van der Waals surface area contributed by atoms with Crippen molar-refractivity contribution in [2.45, 2.75) is 0 Å². The van der Waals surface area contributed by atoms with Gasteiger partial charge >= 0.3 is 5.97 Å². The molecule has 0 saturated heterocycles. The minimum absolute atomic E-state index is 0.158. The van der Waals surface area contributed by atoms with Gasteiger partial charge in [0, 0.05) is 24.5 Å². The van der Waals surface area contributed by atoms with Gasteiger partial charge in [0.25, 0.3) is 0 Å². The summed E-state index contributed by atoms with van der Waals surface area (Å²) in [5.41, 5.74) is -0.184. The molecule has 2 aromatic rings. The minimum Gasteiger partial charge on any atom is -0.477 e. The third kappa shape index (κ3) is 1.78. The SMILES string of the molecule is O=C(O)c1cc(=O)cc(-c2ncc[nH]2)[nH]1. The standard InChI is InChI=1S/C9H7N3O3/c13-5-3-6(8-10-1-2-11-8)12-7(4-5)9(14)15/h1-4H,(H,10,11)(H,12,13)(H,14,15). The molecule has 2 heterocycles. The fraction of sp³-hybridized carbons (Fsp3) is 0. The lowest BCUT2D eigenvalue weighted by molar-refractivity contribution is 0.0690. The van der Waals surface area contributed by atoms with Crippen molar-refractivity contribution in [2.75, 3.05) is 0 Å². The number of aromatic amines is 2. The number of hydrogen-bond donors (Lipinski definition) is 3. The van der Waals surface area contributed by atoms with Crippen LogP contribution in [0, 0.1) is 0 Å². The highest BCUT2D eigenvalue weighted by molar-refractivity contribution is 5.85. The molecule has 15 heavy (non-hydrogen) atoms. The predicted molar refractivity (Wildman–Crippen MR) is 51.6 cm³/mol. The Balaban J connectivity index is 2.59. The summed E-state index contributed by atoms with van der Waals surface area (Å²) in [7, 11) is 0. The summed E-state index contributed by atoms with van der Waals surface area (Å²) in [5.74, 6) is -0.754. The van der Waals surface area contributed by atoms with E-state index in [0.717, 1.165) is 6.07 Å². The summed E-state index contributed by atoms with van der Waals surface area (Å²) < 4.78 is 0. The highest BCUT2D eigenvalue weighted by atomic mass is 16.4. The summed E-state index contributed by atoms with van der Waals surface area (Å²) in [5, 5.41) is 8.73. The van der Waals surface area contributed by atoms with Crippen LogP contribution in [0.3, 0.4) is 0 Å². The van der Waals surface area contributed by atoms with Crippen molar-refractivity contribution in [1.82, 2.24) is 15.0 Å². The number of aromatic carboxylic acids is 1. The van der Waals surface area contributed by atoms with Gasteiger partial charge in [0.15, 0.2) is 11.3 Å². The van der Waals surface area contributed by atoms with E-state index in [1.807, 2.05) is 0 Å².